The number of aliphatic carboxylic acids is 1. The Labute approximate surface area is 120 Å². The molecule has 1 N–H and O–H groups in total. The first kappa shape index (κ1) is 14.5. The first-order chi connectivity index (χ1) is 9.01. The first-order valence-electron chi connectivity index (χ1n) is 6.15. The topological polar surface area (TPSA) is 67.6 Å². The molecule has 1 unspecified atom stereocenters. The standard InChI is InChI=1S/C12H18BrN3O3/c1-15-10(9(13)6-14-15)7-16-5-3-4-12(16,8-19-2)11(17)18/h6H,3-5,7-8H2,1-2H3,(H,17,18). The lowest BCUT2D eigenvalue weighted by Crippen LogP contribution is -2.53. The quantitative estimate of drug-likeness (QED) is 0.879. The van der Waals surface area contributed by atoms with E-state index < -0.39 is 11.5 Å². The SMILES string of the molecule is COCC1(C(=O)O)CCCN1Cc1c(Br)cnn1C. The van der Waals surface area contributed by atoms with Gasteiger partial charge in [0.05, 0.1) is 23.0 Å². The molecule has 6 nitrogen and oxygen atoms in total. The van der Waals surface area contributed by atoms with E-state index in [4.69, 9.17) is 4.74 Å². The molecule has 0 bridgehead atoms. The van der Waals surface area contributed by atoms with Crippen LogP contribution < -0.4 is 0 Å². The van der Waals surface area contributed by atoms with Crippen molar-refractivity contribution in [1.82, 2.24) is 14.7 Å². The average molecular weight is 332 g/mol. The molecule has 0 spiro atoms. The molecular weight excluding hydrogens is 314 g/mol. The van der Waals surface area contributed by atoms with E-state index in [9.17, 15) is 9.90 Å². The summed E-state index contributed by atoms with van der Waals surface area (Å²) in [6.07, 6.45) is 3.21. The van der Waals surface area contributed by atoms with Gasteiger partial charge in [0, 0.05) is 20.7 Å². The number of nitrogens with zero attached hydrogens (tertiary/aromatic N) is 3. The Balaban J connectivity index is 2.25. The molecule has 0 amide bonds. The maximum atomic E-state index is 11.7. The van der Waals surface area contributed by atoms with Crippen LogP contribution in [0.15, 0.2) is 10.7 Å². The zero-order valence-electron chi connectivity index (χ0n) is 11.1. The predicted octanol–water partition coefficient (Wildman–Crippen LogP) is 1.25. The zero-order chi connectivity index (χ0) is 14.0. The van der Waals surface area contributed by atoms with Gasteiger partial charge in [0.15, 0.2) is 0 Å². The molecule has 19 heavy (non-hydrogen) atoms. The van der Waals surface area contributed by atoms with Crippen molar-refractivity contribution in [2.45, 2.75) is 24.9 Å². The molecule has 0 saturated carbocycles. The van der Waals surface area contributed by atoms with Gasteiger partial charge in [-0.25, -0.2) is 0 Å². The molecule has 0 aromatic carbocycles. The van der Waals surface area contributed by atoms with Crippen LogP contribution in [0.25, 0.3) is 0 Å². The van der Waals surface area contributed by atoms with Crippen LogP contribution >= 0.6 is 15.9 Å². The van der Waals surface area contributed by atoms with Gasteiger partial charge in [0.1, 0.15) is 5.54 Å². The van der Waals surface area contributed by atoms with E-state index in [1.165, 1.54) is 0 Å². The lowest BCUT2D eigenvalue weighted by molar-refractivity contribution is -0.153. The summed E-state index contributed by atoms with van der Waals surface area (Å²) in [5, 5.41) is 13.7. The monoisotopic (exact) mass is 331 g/mol. The van der Waals surface area contributed by atoms with Crippen LogP contribution in [0.3, 0.4) is 0 Å². The van der Waals surface area contributed by atoms with Crippen LogP contribution in [-0.2, 0) is 23.1 Å². The van der Waals surface area contributed by atoms with Crippen LogP contribution in [0.4, 0.5) is 0 Å². The number of carbonyl (C=O) groups is 1. The summed E-state index contributed by atoms with van der Waals surface area (Å²) in [4.78, 5) is 13.6. The maximum absolute atomic E-state index is 11.7. The Kier molecular flexibility index (Phi) is 4.27. The number of likely N-dealkylation sites (tertiary alicyclic amines) is 1. The van der Waals surface area contributed by atoms with E-state index >= 15 is 0 Å². The van der Waals surface area contributed by atoms with Gasteiger partial charge in [0.25, 0.3) is 0 Å². The number of methoxy groups -OCH3 is 1. The molecule has 0 aliphatic carbocycles. The minimum absolute atomic E-state index is 0.206. The van der Waals surface area contributed by atoms with Gasteiger partial charge in [-0.15, -0.1) is 0 Å². The summed E-state index contributed by atoms with van der Waals surface area (Å²) in [6, 6.07) is 0. The summed E-state index contributed by atoms with van der Waals surface area (Å²) in [5.41, 5.74) is 0.0574. The highest BCUT2D eigenvalue weighted by Crippen LogP contribution is 2.32. The molecule has 1 saturated heterocycles. The summed E-state index contributed by atoms with van der Waals surface area (Å²) >= 11 is 3.45. The third kappa shape index (κ3) is 2.54. The second-order valence-electron chi connectivity index (χ2n) is 4.86. The van der Waals surface area contributed by atoms with Crippen molar-refractivity contribution in [2.24, 2.45) is 7.05 Å². The summed E-state index contributed by atoms with van der Waals surface area (Å²) < 4.78 is 7.81. The van der Waals surface area contributed by atoms with Gasteiger partial charge in [-0.1, -0.05) is 0 Å². The summed E-state index contributed by atoms with van der Waals surface area (Å²) in [5.74, 6) is -0.815. The van der Waals surface area contributed by atoms with Crippen molar-refractivity contribution in [3.05, 3.63) is 16.4 Å². The van der Waals surface area contributed by atoms with Crippen LogP contribution in [0.5, 0.6) is 0 Å². The minimum Gasteiger partial charge on any atom is -0.480 e. The van der Waals surface area contributed by atoms with Crippen molar-refractivity contribution < 1.29 is 14.6 Å². The van der Waals surface area contributed by atoms with Gasteiger partial charge in [-0.05, 0) is 35.3 Å². The van der Waals surface area contributed by atoms with E-state index in [-0.39, 0.29) is 6.61 Å². The second kappa shape index (κ2) is 5.60. The fourth-order valence-electron chi connectivity index (χ4n) is 2.67. The normalized spacial score (nSPS) is 23.9. The second-order valence-corrected chi connectivity index (χ2v) is 5.71. The molecular formula is C12H18BrN3O3. The molecule has 106 valence electrons. The largest absolute Gasteiger partial charge is 0.480 e. The van der Waals surface area contributed by atoms with E-state index in [0.29, 0.717) is 13.0 Å². The highest BCUT2D eigenvalue weighted by atomic mass is 79.9. The van der Waals surface area contributed by atoms with Crippen molar-refractivity contribution in [1.29, 1.82) is 0 Å². The number of rotatable bonds is 5. The van der Waals surface area contributed by atoms with Gasteiger partial charge in [0.2, 0.25) is 0 Å². The molecule has 1 aromatic heterocycles. The predicted molar refractivity (Wildman–Crippen MR) is 72.8 cm³/mol. The molecule has 1 aliphatic rings. The molecule has 7 heteroatoms. The van der Waals surface area contributed by atoms with Gasteiger partial charge < -0.3 is 9.84 Å². The smallest absolute Gasteiger partial charge is 0.326 e. The summed E-state index contributed by atoms with van der Waals surface area (Å²) in [7, 11) is 3.40. The van der Waals surface area contributed by atoms with Crippen LogP contribution in [0.2, 0.25) is 0 Å². The molecule has 2 rings (SSSR count). The van der Waals surface area contributed by atoms with E-state index in [2.05, 4.69) is 21.0 Å². The Morgan fingerprint density at radius 3 is 2.95 bits per heavy atom. The third-order valence-corrected chi connectivity index (χ3v) is 4.42. The fourth-order valence-corrected chi connectivity index (χ4v) is 3.14. The lowest BCUT2D eigenvalue weighted by atomic mass is 9.97. The number of hydrogen-bond donors (Lipinski definition) is 1. The first-order valence-corrected chi connectivity index (χ1v) is 6.94. The lowest BCUT2D eigenvalue weighted by Gasteiger charge is -2.34. The highest BCUT2D eigenvalue weighted by Gasteiger charge is 2.48. The third-order valence-electron chi connectivity index (χ3n) is 3.76. The van der Waals surface area contributed by atoms with Crippen molar-refractivity contribution in [3.8, 4) is 0 Å². The average Bonchev–Trinajstić information content (AvgIpc) is 2.90. The fraction of sp³-hybridized carbons (Fsp3) is 0.667. The van der Waals surface area contributed by atoms with E-state index in [1.807, 2.05) is 11.9 Å². The number of aromatic nitrogens is 2. The molecule has 1 aromatic rings. The summed E-state index contributed by atoms with van der Waals surface area (Å²) in [6.45, 7) is 1.51. The Morgan fingerprint density at radius 1 is 1.68 bits per heavy atom. The number of halogens is 1. The molecule has 1 aliphatic heterocycles. The molecule has 0 radical (unpaired) electrons. The highest BCUT2D eigenvalue weighted by molar-refractivity contribution is 9.10. The number of aryl methyl sites for hydroxylation is 1. The molecule has 2 heterocycles. The number of ether oxygens (including phenoxy) is 1. The maximum Gasteiger partial charge on any atom is 0.326 e. The Hall–Kier alpha value is -0.920. The van der Waals surface area contributed by atoms with Crippen LogP contribution in [0, 0.1) is 0 Å². The zero-order valence-corrected chi connectivity index (χ0v) is 12.7. The molecule has 1 atom stereocenters. The Bertz CT molecular complexity index is 457. The van der Waals surface area contributed by atoms with Gasteiger partial charge in [-0.3, -0.25) is 14.4 Å². The Morgan fingerprint density at radius 2 is 2.42 bits per heavy atom. The van der Waals surface area contributed by atoms with Crippen molar-refractivity contribution in [3.63, 3.8) is 0 Å². The van der Waals surface area contributed by atoms with Crippen molar-refractivity contribution in [2.75, 3.05) is 20.3 Å². The van der Waals surface area contributed by atoms with E-state index in [1.54, 1.807) is 18.0 Å². The van der Waals surface area contributed by atoms with Crippen LogP contribution in [-0.4, -0.2) is 51.6 Å². The minimum atomic E-state index is -0.918. The van der Waals surface area contributed by atoms with E-state index in [0.717, 1.165) is 23.1 Å². The number of carboxylic acids is 1. The van der Waals surface area contributed by atoms with Crippen molar-refractivity contribution >= 4 is 21.9 Å². The number of carboxylic acid groups (broad SMARTS) is 1. The van der Waals surface area contributed by atoms with Gasteiger partial charge >= 0.3 is 5.97 Å². The number of hydrogen-bond acceptors (Lipinski definition) is 4. The van der Waals surface area contributed by atoms with Crippen LogP contribution in [0.1, 0.15) is 18.5 Å². The van der Waals surface area contributed by atoms with Gasteiger partial charge in [-0.2, -0.15) is 5.10 Å². The molecule has 1 fully saturated rings.